The maximum atomic E-state index is 14.4. The van der Waals surface area contributed by atoms with E-state index in [1.807, 2.05) is 6.07 Å². The van der Waals surface area contributed by atoms with Crippen LogP contribution in [0.5, 0.6) is 0 Å². The van der Waals surface area contributed by atoms with Crippen LogP contribution < -0.4 is 5.32 Å². The molecule has 0 spiro atoms. The predicted molar refractivity (Wildman–Crippen MR) is 107 cm³/mol. The Morgan fingerprint density at radius 3 is 2.96 bits per heavy atom. The van der Waals surface area contributed by atoms with Crippen molar-refractivity contribution in [2.75, 3.05) is 7.05 Å². The van der Waals surface area contributed by atoms with E-state index in [0.717, 1.165) is 56.2 Å². The highest BCUT2D eigenvalue weighted by molar-refractivity contribution is 5.92. The van der Waals surface area contributed by atoms with Gasteiger partial charge in [0.1, 0.15) is 5.82 Å². The summed E-state index contributed by atoms with van der Waals surface area (Å²) < 4.78 is 14.4. The van der Waals surface area contributed by atoms with Crippen molar-refractivity contribution >= 4 is 11.6 Å². The number of nitrogens with one attached hydrogen (secondary N) is 1. The van der Waals surface area contributed by atoms with Crippen molar-refractivity contribution < 1.29 is 14.4 Å². The fourth-order valence-electron chi connectivity index (χ4n) is 6.72. The van der Waals surface area contributed by atoms with Crippen molar-refractivity contribution in [3.63, 3.8) is 0 Å². The second-order valence-electron chi connectivity index (χ2n) is 9.17. The van der Waals surface area contributed by atoms with Gasteiger partial charge >= 0.3 is 0 Å². The van der Waals surface area contributed by atoms with E-state index in [1.54, 1.807) is 13.1 Å². The van der Waals surface area contributed by atoms with Crippen LogP contribution in [-0.4, -0.2) is 23.9 Å². The molecule has 2 fully saturated rings. The number of oxime groups is 1. The Morgan fingerprint density at radius 2 is 2.21 bits per heavy atom. The third-order valence-electron chi connectivity index (χ3n) is 7.97. The lowest BCUT2D eigenvalue weighted by atomic mass is 9.54. The largest absolute Gasteiger partial charge is 0.411 e. The standard InChI is InChI=1S/C23H31FN2O2/c1-23-12-11-16-15-6-4-7-19(24)17(15)9-10-18(16)22(23)14(13-20(23)26-28)5-3-8-21(27)25-2/h4,6-7,14,16,18,22,28H,3,5,8-13H2,1-2H3,(H,25,27)/b26-20+/t14-,16?,18?,22?,23-/m1/s1. The van der Waals surface area contributed by atoms with Gasteiger partial charge in [0.25, 0.3) is 0 Å². The van der Waals surface area contributed by atoms with Crippen LogP contribution in [0.15, 0.2) is 23.4 Å². The first-order valence-corrected chi connectivity index (χ1v) is 10.7. The third-order valence-corrected chi connectivity index (χ3v) is 7.97. The number of carbonyl (C=O) groups is 1. The molecular weight excluding hydrogens is 355 g/mol. The summed E-state index contributed by atoms with van der Waals surface area (Å²) in [6.07, 6.45) is 7.02. The molecule has 4 nitrogen and oxygen atoms in total. The minimum atomic E-state index is -0.0710. The molecule has 1 aromatic carbocycles. The number of hydrogen-bond donors (Lipinski definition) is 2. The first-order valence-electron chi connectivity index (χ1n) is 10.7. The van der Waals surface area contributed by atoms with Gasteiger partial charge in [0.2, 0.25) is 5.91 Å². The van der Waals surface area contributed by atoms with Gasteiger partial charge in [-0.3, -0.25) is 4.79 Å². The predicted octanol–water partition coefficient (Wildman–Crippen LogP) is 4.65. The zero-order valence-electron chi connectivity index (χ0n) is 16.9. The molecule has 0 saturated heterocycles. The molecule has 5 heteroatoms. The minimum Gasteiger partial charge on any atom is -0.411 e. The molecule has 0 bridgehead atoms. The minimum absolute atomic E-state index is 0.0598. The lowest BCUT2D eigenvalue weighted by molar-refractivity contribution is -0.120. The van der Waals surface area contributed by atoms with Gasteiger partial charge < -0.3 is 10.5 Å². The Balaban J connectivity index is 1.62. The summed E-state index contributed by atoms with van der Waals surface area (Å²) in [7, 11) is 1.68. The Morgan fingerprint density at radius 1 is 1.39 bits per heavy atom. The molecule has 2 saturated carbocycles. The summed E-state index contributed by atoms with van der Waals surface area (Å²) in [5.74, 6) is 1.80. The van der Waals surface area contributed by atoms with Crippen LogP contribution in [0.3, 0.4) is 0 Å². The van der Waals surface area contributed by atoms with Crippen molar-refractivity contribution in [3.05, 3.63) is 35.1 Å². The van der Waals surface area contributed by atoms with E-state index in [4.69, 9.17) is 0 Å². The van der Waals surface area contributed by atoms with Gasteiger partial charge in [0.05, 0.1) is 5.71 Å². The van der Waals surface area contributed by atoms with Gasteiger partial charge in [0, 0.05) is 18.9 Å². The molecule has 152 valence electrons. The summed E-state index contributed by atoms with van der Waals surface area (Å²) >= 11 is 0. The van der Waals surface area contributed by atoms with Gasteiger partial charge in [-0.25, -0.2) is 4.39 Å². The fraction of sp³-hybridized carbons (Fsp3) is 0.652. The fourth-order valence-corrected chi connectivity index (χ4v) is 6.72. The van der Waals surface area contributed by atoms with E-state index in [9.17, 15) is 14.4 Å². The SMILES string of the molecule is CNC(=O)CCC[C@@H]1C/C(=N\O)[C@@]2(C)CCC3c4cccc(F)c4CCC3C12. The molecule has 0 aliphatic heterocycles. The van der Waals surface area contributed by atoms with Crippen molar-refractivity contribution in [1.29, 1.82) is 0 Å². The van der Waals surface area contributed by atoms with E-state index in [2.05, 4.69) is 23.5 Å². The van der Waals surface area contributed by atoms with Crippen molar-refractivity contribution in [2.45, 2.75) is 64.2 Å². The lowest BCUT2D eigenvalue weighted by Crippen LogP contribution is -2.44. The number of halogens is 1. The number of amides is 1. The maximum Gasteiger partial charge on any atom is 0.219 e. The molecular formula is C23H31FN2O2. The van der Waals surface area contributed by atoms with Crippen LogP contribution in [0, 0.1) is 29.0 Å². The molecule has 1 amide bonds. The van der Waals surface area contributed by atoms with Gasteiger partial charge in [-0.15, -0.1) is 0 Å². The summed E-state index contributed by atoms with van der Waals surface area (Å²) in [5.41, 5.74) is 2.98. The van der Waals surface area contributed by atoms with Gasteiger partial charge in [-0.1, -0.05) is 24.2 Å². The van der Waals surface area contributed by atoms with Crippen molar-refractivity contribution in [3.8, 4) is 0 Å². The topological polar surface area (TPSA) is 61.7 Å². The van der Waals surface area contributed by atoms with E-state index in [1.165, 1.54) is 5.56 Å². The summed E-state index contributed by atoms with van der Waals surface area (Å²) in [6, 6.07) is 5.55. The van der Waals surface area contributed by atoms with Crippen LogP contribution in [-0.2, 0) is 11.2 Å². The van der Waals surface area contributed by atoms with Crippen LogP contribution >= 0.6 is 0 Å². The van der Waals surface area contributed by atoms with E-state index >= 15 is 0 Å². The average Bonchev–Trinajstić information content (AvgIpc) is 2.99. The second kappa shape index (κ2) is 7.49. The zero-order valence-corrected chi connectivity index (χ0v) is 16.9. The van der Waals surface area contributed by atoms with E-state index in [-0.39, 0.29) is 17.1 Å². The molecule has 0 aromatic heterocycles. The molecule has 4 rings (SSSR count). The number of rotatable bonds is 4. The number of nitrogens with zero attached hydrogens (tertiary/aromatic N) is 1. The van der Waals surface area contributed by atoms with Gasteiger partial charge in [-0.05, 0) is 85.8 Å². The molecule has 28 heavy (non-hydrogen) atoms. The number of benzene rings is 1. The van der Waals surface area contributed by atoms with Crippen LogP contribution in [0.2, 0.25) is 0 Å². The van der Waals surface area contributed by atoms with Crippen molar-refractivity contribution in [1.82, 2.24) is 5.32 Å². The third kappa shape index (κ3) is 3.03. The normalized spacial score (nSPS) is 35.2. The van der Waals surface area contributed by atoms with Crippen LogP contribution in [0.1, 0.15) is 68.9 Å². The highest BCUT2D eigenvalue weighted by Gasteiger charge is 2.57. The average molecular weight is 387 g/mol. The molecule has 3 unspecified atom stereocenters. The molecule has 5 atom stereocenters. The molecule has 0 heterocycles. The summed E-state index contributed by atoms with van der Waals surface area (Å²) in [6.45, 7) is 2.27. The smallest absolute Gasteiger partial charge is 0.219 e. The zero-order chi connectivity index (χ0) is 19.9. The second-order valence-corrected chi connectivity index (χ2v) is 9.17. The lowest BCUT2D eigenvalue weighted by Gasteiger charge is -2.50. The van der Waals surface area contributed by atoms with E-state index in [0.29, 0.717) is 30.1 Å². The number of fused-ring (bicyclic) bond motifs is 5. The molecule has 2 N–H and O–H groups in total. The Kier molecular flexibility index (Phi) is 5.19. The maximum absolute atomic E-state index is 14.4. The monoisotopic (exact) mass is 386 g/mol. The Bertz CT molecular complexity index is 793. The first kappa shape index (κ1) is 19.4. The highest BCUT2D eigenvalue weighted by atomic mass is 19.1. The number of hydrogen-bond acceptors (Lipinski definition) is 3. The molecule has 3 aliphatic rings. The van der Waals surface area contributed by atoms with Crippen LogP contribution in [0.4, 0.5) is 4.39 Å². The van der Waals surface area contributed by atoms with Gasteiger partial charge in [-0.2, -0.15) is 0 Å². The quantitative estimate of drug-likeness (QED) is 0.584. The summed E-state index contributed by atoms with van der Waals surface area (Å²) in [5, 5.41) is 16.1. The number of carbonyl (C=O) groups excluding carboxylic acids is 1. The first-order chi connectivity index (χ1) is 13.5. The summed E-state index contributed by atoms with van der Waals surface area (Å²) in [4.78, 5) is 11.6. The van der Waals surface area contributed by atoms with Gasteiger partial charge in [0.15, 0.2) is 0 Å². The molecule has 0 radical (unpaired) electrons. The highest BCUT2D eigenvalue weighted by Crippen LogP contribution is 2.62. The Labute approximate surface area is 166 Å². The van der Waals surface area contributed by atoms with E-state index < -0.39 is 0 Å². The van der Waals surface area contributed by atoms with Crippen LogP contribution in [0.25, 0.3) is 0 Å². The molecule has 3 aliphatic carbocycles. The Hall–Kier alpha value is -1.91. The molecule has 1 aromatic rings. The van der Waals surface area contributed by atoms with Crippen molar-refractivity contribution in [2.24, 2.45) is 28.3 Å².